The van der Waals surface area contributed by atoms with Gasteiger partial charge in [0.2, 0.25) is 5.91 Å². The number of alkyl halides is 1. The lowest BCUT2D eigenvalue weighted by Crippen LogP contribution is -2.16. The lowest BCUT2D eigenvalue weighted by molar-refractivity contribution is -0.119. The zero-order chi connectivity index (χ0) is 7.11. The summed E-state index contributed by atoms with van der Waals surface area (Å²) >= 11 is 5.28. The molecule has 0 aliphatic rings. The fraction of sp³-hybridized carbons (Fsp3) is 0.600. The van der Waals surface area contributed by atoms with E-state index in [4.69, 9.17) is 16.9 Å². The van der Waals surface area contributed by atoms with E-state index in [1.807, 2.05) is 5.32 Å². The molecule has 9 heavy (non-hydrogen) atoms. The van der Waals surface area contributed by atoms with E-state index in [0.717, 1.165) is 0 Å². The van der Waals surface area contributed by atoms with Crippen molar-refractivity contribution >= 4 is 17.5 Å². The fourth-order valence-electron chi connectivity index (χ4n) is 0.352. The molecule has 50 valence electrons. The predicted molar refractivity (Wildman–Crippen MR) is 33.7 cm³/mol. The van der Waals surface area contributed by atoms with Gasteiger partial charge in [-0.1, -0.05) is 0 Å². The standard InChI is InChI=1S/C5H7ClN2O/c6-3-1-2-5(9)8-4-7/h1-3H2,(H,8,9). The maximum absolute atomic E-state index is 10.4. The third-order valence-electron chi connectivity index (χ3n) is 0.733. The Morgan fingerprint density at radius 2 is 2.44 bits per heavy atom. The minimum atomic E-state index is -0.266. The Hall–Kier alpha value is -0.750. The van der Waals surface area contributed by atoms with Gasteiger partial charge in [-0.25, -0.2) is 0 Å². The summed E-state index contributed by atoms with van der Waals surface area (Å²) in [5.74, 6) is 0.192. The van der Waals surface area contributed by atoms with Crippen LogP contribution in [0, 0.1) is 11.5 Å². The zero-order valence-electron chi connectivity index (χ0n) is 4.85. The number of carbonyl (C=O) groups excluding carboxylic acids is 1. The molecule has 1 amide bonds. The van der Waals surface area contributed by atoms with Gasteiger partial charge in [-0.2, -0.15) is 5.26 Å². The maximum Gasteiger partial charge on any atom is 0.233 e. The number of rotatable bonds is 3. The molecule has 0 aliphatic carbocycles. The highest BCUT2D eigenvalue weighted by Crippen LogP contribution is 1.89. The molecule has 0 saturated heterocycles. The van der Waals surface area contributed by atoms with Gasteiger partial charge in [0.15, 0.2) is 6.19 Å². The van der Waals surface area contributed by atoms with Gasteiger partial charge in [-0.15, -0.1) is 11.6 Å². The zero-order valence-corrected chi connectivity index (χ0v) is 5.61. The molecule has 3 nitrogen and oxygen atoms in total. The van der Waals surface area contributed by atoms with E-state index >= 15 is 0 Å². The van der Waals surface area contributed by atoms with Gasteiger partial charge in [-0.05, 0) is 6.42 Å². The molecule has 0 aromatic rings. The number of nitrogens with one attached hydrogen (secondary N) is 1. The molecule has 0 radical (unpaired) electrons. The highest BCUT2D eigenvalue weighted by Gasteiger charge is 1.96. The van der Waals surface area contributed by atoms with Crippen LogP contribution in [0.15, 0.2) is 0 Å². The second-order valence-electron chi connectivity index (χ2n) is 1.45. The lowest BCUT2D eigenvalue weighted by atomic mass is 10.3. The van der Waals surface area contributed by atoms with Crippen LogP contribution in [0.25, 0.3) is 0 Å². The quantitative estimate of drug-likeness (QED) is 0.360. The number of amides is 1. The highest BCUT2D eigenvalue weighted by atomic mass is 35.5. The Bertz CT molecular complexity index is 129. The van der Waals surface area contributed by atoms with Gasteiger partial charge in [0.25, 0.3) is 0 Å². The van der Waals surface area contributed by atoms with Crippen LogP contribution in [-0.4, -0.2) is 11.8 Å². The van der Waals surface area contributed by atoms with Crippen LogP contribution >= 0.6 is 11.6 Å². The van der Waals surface area contributed by atoms with E-state index in [2.05, 4.69) is 0 Å². The van der Waals surface area contributed by atoms with Crippen molar-refractivity contribution in [2.24, 2.45) is 0 Å². The largest absolute Gasteiger partial charge is 0.274 e. The molecule has 0 aromatic heterocycles. The summed E-state index contributed by atoms with van der Waals surface area (Å²) in [7, 11) is 0. The van der Waals surface area contributed by atoms with Crippen molar-refractivity contribution in [3.63, 3.8) is 0 Å². The molecule has 0 saturated carbocycles. The summed E-state index contributed by atoms with van der Waals surface area (Å²) in [6.07, 6.45) is 2.48. The van der Waals surface area contributed by atoms with Gasteiger partial charge >= 0.3 is 0 Å². The van der Waals surface area contributed by atoms with E-state index < -0.39 is 0 Å². The Morgan fingerprint density at radius 3 is 2.89 bits per heavy atom. The van der Waals surface area contributed by atoms with Crippen LogP contribution in [0.2, 0.25) is 0 Å². The van der Waals surface area contributed by atoms with Crippen molar-refractivity contribution in [1.29, 1.82) is 5.26 Å². The second kappa shape index (κ2) is 5.39. The molecular formula is C5H7ClN2O. The average molecular weight is 147 g/mol. The van der Waals surface area contributed by atoms with Gasteiger partial charge in [0.1, 0.15) is 0 Å². The summed E-state index contributed by atoms with van der Waals surface area (Å²) in [5.41, 5.74) is 0. The molecule has 0 atom stereocenters. The molecular weight excluding hydrogens is 140 g/mol. The summed E-state index contributed by atoms with van der Waals surface area (Å²) in [4.78, 5) is 10.4. The van der Waals surface area contributed by atoms with Crippen molar-refractivity contribution in [3.8, 4) is 6.19 Å². The van der Waals surface area contributed by atoms with Gasteiger partial charge in [0, 0.05) is 12.3 Å². The van der Waals surface area contributed by atoms with Crippen LogP contribution in [0.4, 0.5) is 0 Å². The van der Waals surface area contributed by atoms with E-state index in [0.29, 0.717) is 18.7 Å². The normalized spacial score (nSPS) is 8.00. The van der Waals surface area contributed by atoms with Crippen molar-refractivity contribution in [1.82, 2.24) is 5.32 Å². The Morgan fingerprint density at radius 1 is 1.78 bits per heavy atom. The second-order valence-corrected chi connectivity index (χ2v) is 1.83. The van der Waals surface area contributed by atoms with Crippen LogP contribution in [0.3, 0.4) is 0 Å². The van der Waals surface area contributed by atoms with Gasteiger partial charge in [0.05, 0.1) is 0 Å². The number of nitriles is 1. The molecule has 0 fully saturated rings. The highest BCUT2D eigenvalue weighted by molar-refractivity contribution is 6.17. The number of hydrogen-bond acceptors (Lipinski definition) is 2. The van der Waals surface area contributed by atoms with E-state index in [-0.39, 0.29) is 5.91 Å². The van der Waals surface area contributed by atoms with Crippen molar-refractivity contribution in [2.75, 3.05) is 5.88 Å². The SMILES string of the molecule is N#CNC(=O)CCCCl. The van der Waals surface area contributed by atoms with Crippen molar-refractivity contribution in [2.45, 2.75) is 12.8 Å². The minimum absolute atomic E-state index is 0.266. The molecule has 0 rings (SSSR count). The first-order valence-electron chi connectivity index (χ1n) is 2.55. The summed E-state index contributed by atoms with van der Waals surface area (Å²) in [6.45, 7) is 0. The van der Waals surface area contributed by atoms with E-state index in [9.17, 15) is 4.79 Å². The molecule has 0 unspecified atom stereocenters. The van der Waals surface area contributed by atoms with Crippen LogP contribution < -0.4 is 5.32 Å². The monoisotopic (exact) mass is 146 g/mol. The first-order chi connectivity index (χ1) is 4.31. The first kappa shape index (κ1) is 8.25. The predicted octanol–water partition coefficient (Wildman–Crippen LogP) is 0.603. The number of halogens is 1. The maximum atomic E-state index is 10.4. The molecule has 0 aromatic carbocycles. The van der Waals surface area contributed by atoms with Crippen LogP contribution in [-0.2, 0) is 4.79 Å². The first-order valence-corrected chi connectivity index (χ1v) is 3.08. The Kier molecular flexibility index (Phi) is 4.94. The van der Waals surface area contributed by atoms with Crippen LogP contribution in [0.1, 0.15) is 12.8 Å². The van der Waals surface area contributed by atoms with E-state index in [1.165, 1.54) is 6.19 Å². The molecule has 1 N–H and O–H groups in total. The van der Waals surface area contributed by atoms with Crippen molar-refractivity contribution in [3.05, 3.63) is 0 Å². The van der Waals surface area contributed by atoms with Gasteiger partial charge < -0.3 is 0 Å². The smallest absolute Gasteiger partial charge is 0.233 e. The molecule has 0 spiro atoms. The average Bonchev–Trinajstić information content (AvgIpc) is 1.85. The van der Waals surface area contributed by atoms with E-state index in [1.54, 1.807) is 0 Å². The minimum Gasteiger partial charge on any atom is -0.274 e. The Balaban J connectivity index is 3.19. The lowest BCUT2D eigenvalue weighted by Gasteiger charge is -1.91. The number of carbonyl (C=O) groups is 1. The summed E-state index contributed by atoms with van der Waals surface area (Å²) in [6, 6.07) is 0. The van der Waals surface area contributed by atoms with Crippen molar-refractivity contribution < 1.29 is 4.79 Å². The Labute approximate surface area is 58.6 Å². The molecule has 0 heterocycles. The third kappa shape index (κ3) is 5.12. The van der Waals surface area contributed by atoms with Gasteiger partial charge in [-0.3, -0.25) is 10.1 Å². The molecule has 0 bridgehead atoms. The molecule has 0 aliphatic heterocycles. The fourth-order valence-corrected chi connectivity index (χ4v) is 0.486. The number of hydrogen-bond donors (Lipinski definition) is 1. The summed E-state index contributed by atoms with van der Waals surface area (Å²) < 4.78 is 0. The topological polar surface area (TPSA) is 52.9 Å². The van der Waals surface area contributed by atoms with Crippen LogP contribution in [0.5, 0.6) is 0 Å². The molecule has 4 heteroatoms. The third-order valence-corrected chi connectivity index (χ3v) is 1.00. The summed E-state index contributed by atoms with van der Waals surface area (Å²) in [5, 5.41) is 9.91. The number of nitrogens with zero attached hydrogens (tertiary/aromatic N) is 1.